The molecule has 7 heteroatoms. The lowest BCUT2D eigenvalue weighted by Crippen LogP contribution is -2.04. The van der Waals surface area contributed by atoms with E-state index in [9.17, 15) is 13.2 Å². The summed E-state index contributed by atoms with van der Waals surface area (Å²) in [6.07, 6.45) is -2.94. The summed E-state index contributed by atoms with van der Waals surface area (Å²) in [5.41, 5.74) is -0.216. The standard InChI is InChI=1S/C11H6F3N3S/c12-11(13,14)7-1-3-8(4-2-7)17-10-16-6-9(5-15)18-10/h1-4,6H,(H,16,17). The van der Waals surface area contributed by atoms with Gasteiger partial charge in [0.1, 0.15) is 10.9 Å². The van der Waals surface area contributed by atoms with Gasteiger partial charge in [0.25, 0.3) is 0 Å². The Bertz CT molecular complexity index is 581. The largest absolute Gasteiger partial charge is 0.416 e. The molecule has 1 aromatic heterocycles. The maximum absolute atomic E-state index is 12.3. The first kappa shape index (κ1) is 12.4. The molecule has 0 atom stereocenters. The van der Waals surface area contributed by atoms with Gasteiger partial charge in [-0.2, -0.15) is 18.4 Å². The zero-order valence-corrected chi connectivity index (χ0v) is 9.64. The summed E-state index contributed by atoms with van der Waals surface area (Å²) in [5, 5.41) is 11.9. The summed E-state index contributed by atoms with van der Waals surface area (Å²) in [6.45, 7) is 0. The predicted molar refractivity (Wildman–Crippen MR) is 61.6 cm³/mol. The topological polar surface area (TPSA) is 48.7 Å². The highest BCUT2D eigenvalue weighted by atomic mass is 32.1. The second kappa shape index (κ2) is 4.66. The van der Waals surface area contributed by atoms with Crippen LogP contribution in [0.3, 0.4) is 0 Å². The van der Waals surface area contributed by atoms with Crippen LogP contribution in [0.4, 0.5) is 24.0 Å². The summed E-state index contributed by atoms with van der Waals surface area (Å²) in [5.74, 6) is 0. The van der Waals surface area contributed by atoms with Gasteiger partial charge in [-0.05, 0) is 24.3 Å². The fourth-order valence-corrected chi connectivity index (χ4v) is 1.88. The molecule has 0 fully saturated rings. The van der Waals surface area contributed by atoms with Gasteiger partial charge in [-0.15, -0.1) is 0 Å². The van der Waals surface area contributed by atoms with E-state index < -0.39 is 11.7 Å². The quantitative estimate of drug-likeness (QED) is 0.902. The van der Waals surface area contributed by atoms with Crippen molar-refractivity contribution in [1.82, 2.24) is 4.98 Å². The lowest BCUT2D eigenvalue weighted by Gasteiger charge is -2.07. The van der Waals surface area contributed by atoms with Crippen LogP contribution in [0.25, 0.3) is 0 Å². The number of anilines is 2. The van der Waals surface area contributed by atoms with E-state index in [1.54, 1.807) is 0 Å². The van der Waals surface area contributed by atoms with E-state index >= 15 is 0 Å². The van der Waals surface area contributed by atoms with Crippen LogP contribution in [-0.4, -0.2) is 4.98 Å². The smallest absolute Gasteiger partial charge is 0.332 e. The van der Waals surface area contributed by atoms with Crippen LogP contribution in [-0.2, 0) is 6.18 Å². The molecule has 2 rings (SSSR count). The molecule has 1 N–H and O–H groups in total. The third kappa shape index (κ3) is 2.78. The van der Waals surface area contributed by atoms with Gasteiger partial charge in [-0.3, -0.25) is 0 Å². The Morgan fingerprint density at radius 3 is 2.39 bits per heavy atom. The summed E-state index contributed by atoms with van der Waals surface area (Å²) in [7, 11) is 0. The molecule has 2 aromatic rings. The monoisotopic (exact) mass is 269 g/mol. The van der Waals surface area contributed by atoms with E-state index in [0.29, 0.717) is 15.7 Å². The van der Waals surface area contributed by atoms with Crippen molar-refractivity contribution >= 4 is 22.2 Å². The summed E-state index contributed by atoms with van der Waals surface area (Å²) < 4.78 is 37.0. The van der Waals surface area contributed by atoms with E-state index in [4.69, 9.17) is 5.26 Å². The molecular formula is C11H6F3N3S. The second-order valence-electron chi connectivity index (χ2n) is 3.34. The molecule has 0 saturated heterocycles. The first-order valence-corrected chi connectivity index (χ1v) is 5.61. The second-order valence-corrected chi connectivity index (χ2v) is 4.37. The molecule has 0 bridgehead atoms. The van der Waals surface area contributed by atoms with Crippen LogP contribution >= 0.6 is 11.3 Å². The Labute approximate surface area is 105 Å². The van der Waals surface area contributed by atoms with E-state index in [1.165, 1.54) is 18.3 Å². The number of aromatic nitrogens is 1. The van der Waals surface area contributed by atoms with Crippen LogP contribution in [0, 0.1) is 11.3 Å². The molecular weight excluding hydrogens is 263 g/mol. The number of nitriles is 1. The van der Waals surface area contributed by atoms with Crippen LogP contribution in [0.1, 0.15) is 10.4 Å². The van der Waals surface area contributed by atoms with Crippen molar-refractivity contribution in [3.8, 4) is 6.07 Å². The highest BCUT2D eigenvalue weighted by molar-refractivity contribution is 7.16. The Balaban J connectivity index is 2.14. The van der Waals surface area contributed by atoms with Crippen molar-refractivity contribution in [2.45, 2.75) is 6.18 Å². The molecule has 18 heavy (non-hydrogen) atoms. The van der Waals surface area contributed by atoms with Gasteiger partial charge < -0.3 is 5.32 Å². The minimum Gasteiger partial charge on any atom is -0.332 e. The van der Waals surface area contributed by atoms with Gasteiger partial charge in [0.05, 0.1) is 11.8 Å². The molecule has 0 unspecified atom stereocenters. The number of benzene rings is 1. The molecule has 3 nitrogen and oxygen atoms in total. The normalized spacial score (nSPS) is 11.0. The average molecular weight is 269 g/mol. The fourth-order valence-electron chi connectivity index (χ4n) is 1.25. The molecule has 0 aliphatic carbocycles. The van der Waals surface area contributed by atoms with Gasteiger partial charge in [-0.25, -0.2) is 4.98 Å². The first-order valence-electron chi connectivity index (χ1n) is 4.79. The molecule has 0 aliphatic rings. The van der Waals surface area contributed by atoms with Crippen LogP contribution in [0.15, 0.2) is 30.5 Å². The Kier molecular flexibility index (Phi) is 3.21. The molecule has 1 aromatic carbocycles. The molecule has 0 aliphatic heterocycles. The molecule has 92 valence electrons. The SMILES string of the molecule is N#Cc1cnc(Nc2ccc(C(F)(F)F)cc2)s1. The van der Waals surface area contributed by atoms with Gasteiger partial charge in [0.2, 0.25) is 0 Å². The highest BCUT2D eigenvalue weighted by Crippen LogP contribution is 2.30. The number of halogens is 3. The molecule has 0 radical (unpaired) electrons. The van der Waals surface area contributed by atoms with Gasteiger partial charge >= 0.3 is 6.18 Å². The number of hydrogen-bond acceptors (Lipinski definition) is 4. The third-order valence-electron chi connectivity index (χ3n) is 2.08. The lowest BCUT2D eigenvalue weighted by molar-refractivity contribution is -0.137. The number of thiazole rings is 1. The van der Waals surface area contributed by atoms with E-state index in [2.05, 4.69) is 10.3 Å². The van der Waals surface area contributed by atoms with Crippen molar-refractivity contribution in [1.29, 1.82) is 5.26 Å². The van der Waals surface area contributed by atoms with Crippen LogP contribution in [0.5, 0.6) is 0 Å². The molecule has 1 heterocycles. The van der Waals surface area contributed by atoms with E-state index in [1.807, 2.05) is 6.07 Å². The Morgan fingerprint density at radius 2 is 1.89 bits per heavy atom. The Hall–Kier alpha value is -2.07. The first-order chi connectivity index (χ1) is 8.49. The lowest BCUT2D eigenvalue weighted by atomic mass is 10.2. The van der Waals surface area contributed by atoms with Gasteiger partial charge in [0, 0.05) is 5.69 Å². The molecule has 0 spiro atoms. The van der Waals surface area contributed by atoms with Crippen LogP contribution < -0.4 is 5.32 Å². The highest BCUT2D eigenvalue weighted by Gasteiger charge is 2.29. The number of rotatable bonds is 2. The average Bonchev–Trinajstić information content (AvgIpc) is 2.76. The summed E-state index contributed by atoms with van der Waals surface area (Å²) >= 11 is 1.13. The van der Waals surface area contributed by atoms with Crippen LogP contribution in [0.2, 0.25) is 0 Å². The van der Waals surface area contributed by atoms with Crippen molar-refractivity contribution < 1.29 is 13.2 Å². The van der Waals surface area contributed by atoms with Crippen molar-refractivity contribution in [2.75, 3.05) is 5.32 Å². The zero-order valence-electron chi connectivity index (χ0n) is 8.82. The van der Waals surface area contributed by atoms with Gasteiger partial charge in [0.15, 0.2) is 5.13 Å². The van der Waals surface area contributed by atoms with Gasteiger partial charge in [-0.1, -0.05) is 11.3 Å². The molecule has 0 saturated carbocycles. The third-order valence-corrected chi connectivity index (χ3v) is 2.90. The predicted octanol–water partition coefficient (Wildman–Crippen LogP) is 3.78. The number of nitrogens with zero attached hydrogens (tertiary/aromatic N) is 2. The van der Waals surface area contributed by atoms with E-state index in [0.717, 1.165) is 23.5 Å². The minimum absolute atomic E-state index is 0.435. The number of nitrogens with one attached hydrogen (secondary N) is 1. The maximum Gasteiger partial charge on any atom is 0.416 e. The number of alkyl halides is 3. The fraction of sp³-hybridized carbons (Fsp3) is 0.0909. The minimum atomic E-state index is -4.34. The maximum atomic E-state index is 12.3. The van der Waals surface area contributed by atoms with Crippen molar-refractivity contribution in [3.05, 3.63) is 40.9 Å². The molecule has 0 amide bonds. The summed E-state index contributed by atoms with van der Waals surface area (Å²) in [6, 6.07) is 6.54. The number of hydrogen-bond donors (Lipinski definition) is 1. The van der Waals surface area contributed by atoms with Crippen molar-refractivity contribution in [2.24, 2.45) is 0 Å². The summed E-state index contributed by atoms with van der Waals surface area (Å²) in [4.78, 5) is 4.35. The zero-order chi connectivity index (χ0) is 13.2. The Morgan fingerprint density at radius 1 is 1.22 bits per heavy atom. The van der Waals surface area contributed by atoms with Crippen molar-refractivity contribution in [3.63, 3.8) is 0 Å². The van der Waals surface area contributed by atoms with E-state index in [-0.39, 0.29) is 0 Å².